The molecule has 2 aromatic carbocycles. The van der Waals surface area contributed by atoms with Crippen LogP contribution < -0.4 is 4.90 Å². The largest absolute Gasteiger partial charge is 0.308 e. The third kappa shape index (κ3) is 2.82. The standard InChI is InChI=1S/C15H9ClF3NO2/c1-20(11-7-2-4-8(13(11)19)14(16)21)15(22)12-9(17)5-3-6-10(12)18/h2-7H,1H3. The van der Waals surface area contributed by atoms with Crippen LogP contribution in [-0.4, -0.2) is 18.2 Å². The lowest BCUT2D eigenvalue weighted by atomic mass is 10.1. The number of nitrogens with zero attached hydrogens (tertiary/aromatic N) is 1. The van der Waals surface area contributed by atoms with Crippen molar-refractivity contribution in [3.05, 3.63) is 65.0 Å². The van der Waals surface area contributed by atoms with Gasteiger partial charge in [0.2, 0.25) is 0 Å². The van der Waals surface area contributed by atoms with E-state index in [4.69, 9.17) is 11.6 Å². The second kappa shape index (κ2) is 6.19. The molecule has 0 fully saturated rings. The van der Waals surface area contributed by atoms with E-state index in [1.165, 1.54) is 12.1 Å². The van der Waals surface area contributed by atoms with Crippen LogP contribution in [0.5, 0.6) is 0 Å². The maximum Gasteiger partial charge on any atom is 0.264 e. The van der Waals surface area contributed by atoms with Crippen molar-refractivity contribution < 1.29 is 22.8 Å². The van der Waals surface area contributed by atoms with Crippen molar-refractivity contribution in [1.82, 2.24) is 0 Å². The highest BCUT2D eigenvalue weighted by Gasteiger charge is 2.25. The van der Waals surface area contributed by atoms with Crippen LogP contribution in [0.1, 0.15) is 20.7 Å². The normalized spacial score (nSPS) is 10.4. The van der Waals surface area contributed by atoms with E-state index in [1.807, 2.05) is 0 Å². The van der Waals surface area contributed by atoms with E-state index in [0.717, 1.165) is 31.3 Å². The molecule has 0 atom stereocenters. The molecule has 22 heavy (non-hydrogen) atoms. The Kier molecular flexibility index (Phi) is 4.51. The van der Waals surface area contributed by atoms with E-state index in [-0.39, 0.29) is 5.69 Å². The van der Waals surface area contributed by atoms with Crippen molar-refractivity contribution in [3.8, 4) is 0 Å². The van der Waals surface area contributed by atoms with Gasteiger partial charge in [-0.05, 0) is 35.9 Å². The first kappa shape index (κ1) is 16.0. The van der Waals surface area contributed by atoms with Crippen molar-refractivity contribution in [1.29, 1.82) is 0 Å². The van der Waals surface area contributed by atoms with Crippen LogP contribution in [0.3, 0.4) is 0 Å². The van der Waals surface area contributed by atoms with Crippen LogP contribution in [0, 0.1) is 17.5 Å². The summed E-state index contributed by atoms with van der Waals surface area (Å²) in [5, 5.41) is -1.04. The average Bonchev–Trinajstić information content (AvgIpc) is 2.46. The van der Waals surface area contributed by atoms with Gasteiger partial charge in [0.15, 0.2) is 5.82 Å². The van der Waals surface area contributed by atoms with Gasteiger partial charge in [0.25, 0.3) is 11.1 Å². The summed E-state index contributed by atoms with van der Waals surface area (Å²) in [4.78, 5) is 24.0. The maximum absolute atomic E-state index is 14.2. The number of rotatable bonds is 3. The zero-order valence-corrected chi connectivity index (χ0v) is 12.0. The van der Waals surface area contributed by atoms with Crippen molar-refractivity contribution in [2.45, 2.75) is 0 Å². The Morgan fingerprint density at radius 3 is 2.09 bits per heavy atom. The Balaban J connectivity index is 2.49. The van der Waals surface area contributed by atoms with E-state index >= 15 is 0 Å². The SMILES string of the molecule is CN(C(=O)c1c(F)cccc1F)c1cccc(C(=O)Cl)c1F. The highest BCUT2D eigenvalue weighted by Crippen LogP contribution is 2.25. The highest BCUT2D eigenvalue weighted by molar-refractivity contribution is 6.67. The summed E-state index contributed by atoms with van der Waals surface area (Å²) in [6.07, 6.45) is 0. The monoisotopic (exact) mass is 327 g/mol. The molecule has 0 N–H and O–H groups in total. The molecule has 3 nitrogen and oxygen atoms in total. The minimum absolute atomic E-state index is 0.320. The van der Waals surface area contributed by atoms with Gasteiger partial charge in [0.1, 0.15) is 17.2 Å². The van der Waals surface area contributed by atoms with Gasteiger partial charge in [-0.1, -0.05) is 12.1 Å². The Hall–Kier alpha value is -2.34. The number of hydrogen-bond donors (Lipinski definition) is 0. The Labute approximate surface area is 128 Å². The highest BCUT2D eigenvalue weighted by atomic mass is 35.5. The summed E-state index contributed by atoms with van der Waals surface area (Å²) in [5.41, 5.74) is -1.57. The van der Waals surface area contributed by atoms with Gasteiger partial charge in [-0.2, -0.15) is 0 Å². The number of hydrogen-bond acceptors (Lipinski definition) is 2. The Morgan fingerprint density at radius 2 is 1.55 bits per heavy atom. The summed E-state index contributed by atoms with van der Waals surface area (Å²) < 4.78 is 41.4. The van der Waals surface area contributed by atoms with E-state index in [2.05, 4.69) is 0 Å². The van der Waals surface area contributed by atoms with Gasteiger partial charge in [-0.25, -0.2) is 13.2 Å². The van der Waals surface area contributed by atoms with Gasteiger partial charge in [-0.15, -0.1) is 0 Å². The third-order valence-electron chi connectivity index (χ3n) is 3.03. The second-order valence-corrected chi connectivity index (χ2v) is 4.72. The van der Waals surface area contributed by atoms with Crippen LogP contribution in [0.4, 0.5) is 18.9 Å². The maximum atomic E-state index is 14.2. The van der Waals surface area contributed by atoms with E-state index in [9.17, 15) is 22.8 Å². The topological polar surface area (TPSA) is 37.4 Å². The second-order valence-electron chi connectivity index (χ2n) is 4.37. The molecule has 2 aromatic rings. The van der Waals surface area contributed by atoms with E-state index < -0.39 is 39.7 Å². The fraction of sp³-hybridized carbons (Fsp3) is 0.0667. The molecule has 0 spiro atoms. The fourth-order valence-corrected chi connectivity index (χ4v) is 2.06. The Bertz CT molecular complexity index is 744. The number of carbonyl (C=O) groups excluding carboxylic acids is 2. The summed E-state index contributed by atoms with van der Waals surface area (Å²) in [7, 11) is 1.13. The smallest absolute Gasteiger partial charge is 0.264 e. The Morgan fingerprint density at radius 1 is 1.00 bits per heavy atom. The molecular formula is C15H9ClF3NO2. The molecule has 0 aliphatic heterocycles. The van der Waals surface area contributed by atoms with Crippen LogP contribution in [0.25, 0.3) is 0 Å². The molecule has 0 saturated carbocycles. The van der Waals surface area contributed by atoms with Crippen molar-refractivity contribution in [3.63, 3.8) is 0 Å². The number of anilines is 1. The molecule has 0 radical (unpaired) electrons. The van der Waals surface area contributed by atoms with Crippen molar-refractivity contribution in [2.75, 3.05) is 11.9 Å². The third-order valence-corrected chi connectivity index (χ3v) is 3.24. The van der Waals surface area contributed by atoms with Gasteiger partial charge >= 0.3 is 0 Å². The van der Waals surface area contributed by atoms with Crippen LogP contribution in [0.15, 0.2) is 36.4 Å². The minimum Gasteiger partial charge on any atom is -0.308 e. The first-order chi connectivity index (χ1) is 10.3. The molecule has 0 aliphatic carbocycles. The molecule has 0 heterocycles. The van der Waals surface area contributed by atoms with Gasteiger partial charge < -0.3 is 4.90 Å². The molecule has 7 heteroatoms. The van der Waals surface area contributed by atoms with Crippen LogP contribution in [-0.2, 0) is 0 Å². The minimum atomic E-state index is -1.09. The molecule has 0 bridgehead atoms. The first-order valence-electron chi connectivity index (χ1n) is 6.05. The van der Waals surface area contributed by atoms with Crippen molar-refractivity contribution in [2.24, 2.45) is 0 Å². The molecular weight excluding hydrogens is 319 g/mol. The first-order valence-corrected chi connectivity index (χ1v) is 6.42. The molecule has 0 unspecified atom stereocenters. The molecule has 0 saturated heterocycles. The number of halogens is 4. The molecule has 2 rings (SSSR count). The summed E-state index contributed by atoms with van der Waals surface area (Å²) in [6.45, 7) is 0. The van der Waals surface area contributed by atoms with Gasteiger partial charge in [-0.3, -0.25) is 9.59 Å². The lowest BCUT2D eigenvalue weighted by Gasteiger charge is -2.19. The lowest BCUT2D eigenvalue weighted by Crippen LogP contribution is -2.29. The summed E-state index contributed by atoms with van der Waals surface area (Å²) in [6, 6.07) is 6.56. The number of amides is 1. The fourth-order valence-electron chi connectivity index (χ4n) is 1.91. The molecule has 0 aliphatic rings. The van der Waals surface area contributed by atoms with E-state index in [1.54, 1.807) is 0 Å². The van der Waals surface area contributed by atoms with E-state index in [0.29, 0.717) is 4.90 Å². The molecule has 0 aromatic heterocycles. The summed E-state index contributed by atoms with van der Waals surface area (Å²) in [5.74, 6) is -4.27. The molecule has 114 valence electrons. The van der Waals surface area contributed by atoms with Crippen molar-refractivity contribution >= 4 is 28.4 Å². The van der Waals surface area contributed by atoms with Gasteiger partial charge in [0.05, 0.1) is 11.3 Å². The quantitative estimate of drug-likeness (QED) is 0.805. The molecule has 1 amide bonds. The summed E-state index contributed by atoms with van der Waals surface area (Å²) >= 11 is 5.23. The van der Waals surface area contributed by atoms with Crippen LogP contribution in [0.2, 0.25) is 0 Å². The zero-order chi connectivity index (χ0) is 16.4. The number of carbonyl (C=O) groups is 2. The predicted octanol–water partition coefficient (Wildman–Crippen LogP) is 3.76. The lowest BCUT2D eigenvalue weighted by molar-refractivity contribution is 0.0982. The average molecular weight is 328 g/mol. The number of benzene rings is 2. The van der Waals surface area contributed by atoms with Gasteiger partial charge in [0, 0.05) is 7.05 Å². The van der Waals surface area contributed by atoms with Crippen LogP contribution >= 0.6 is 11.6 Å². The zero-order valence-electron chi connectivity index (χ0n) is 11.2. The predicted molar refractivity (Wildman–Crippen MR) is 75.7 cm³/mol.